The maximum atomic E-state index is 12.0. The molecule has 0 saturated carbocycles. The highest BCUT2D eigenvalue weighted by Gasteiger charge is 2.21. The van der Waals surface area contributed by atoms with E-state index in [1.54, 1.807) is 38.4 Å². The SMILES string of the molecule is CN(C)C(=O)COc1ccc(NC(=O)C2CNCCO2)cc1. The van der Waals surface area contributed by atoms with Crippen molar-refractivity contribution < 1.29 is 19.1 Å². The molecular weight excluding hydrogens is 286 g/mol. The molecule has 22 heavy (non-hydrogen) atoms. The Hall–Kier alpha value is -2.12. The number of carbonyl (C=O) groups excluding carboxylic acids is 2. The Bertz CT molecular complexity index is 510. The van der Waals surface area contributed by atoms with Crippen LogP contribution in [-0.4, -0.2) is 63.2 Å². The smallest absolute Gasteiger partial charge is 0.259 e. The van der Waals surface area contributed by atoms with Crippen molar-refractivity contribution in [2.24, 2.45) is 0 Å². The van der Waals surface area contributed by atoms with E-state index in [0.29, 0.717) is 24.6 Å². The minimum Gasteiger partial charge on any atom is -0.484 e. The molecule has 0 aromatic heterocycles. The monoisotopic (exact) mass is 307 g/mol. The maximum Gasteiger partial charge on any atom is 0.259 e. The Kier molecular flexibility index (Phi) is 5.74. The minimum absolute atomic E-state index is 0.0136. The summed E-state index contributed by atoms with van der Waals surface area (Å²) in [5.74, 6) is 0.284. The Labute approximate surface area is 129 Å². The van der Waals surface area contributed by atoms with Gasteiger partial charge in [0, 0.05) is 32.9 Å². The highest BCUT2D eigenvalue weighted by atomic mass is 16.5. The molecule has 1 heterocycles. The molecule has 1 fully saturated rings. The van der Waals surface area contributed by atoms with Crippen molar-refractivity contribution in [2.45, 2.75) is 6.10 Å². The highest BCUT2D eigenvalue weighted by molar-refractivity contribution is 5.94. The number of nitrogens with zero attached hydrogens (tertiary/aromatic N) is 1. The van der Waals surface area contributed by atoms with E-state index in [1.165, 1.54) is 4.90 Å². The lowest BCUT2D eigenvalue weighted by Gasteiger charge is -2.22. The topological polar surface area (TPSA) is 79.9 Å². The third-order valence-corrected chi connectivity index (χ3v) is 3.20. The summed E-state index contributed by atoms with van der Waals surface area (Å²) in [6.45, 7) is 1.80. The van der Waals surface area contributed by atoms with Crippen LogP contribution in [0.5, 0.6) is 5.75 Å². The molecule has 1 saturated heterocycles. The van der Waals surface area contributed by atoms with E-state index < -0.39 is 6.10 Å². The number of amides is 2. The van der Waals surface area contributed by atoms with Gasteiger partial charge in [-0.15, -0.1) is 0 Å². The van der Waals surface area contributed by atoms with Crippen LogP contribution in [0.15, 0.2) is 24.3 Å². The van der Waals surface area contributed by atoms with Gasteiger partial charge in [-0.3, -0.25) is 9.59 Å². The first-order valence-corrected chi connectivity index (χ1v) is 7.12. The lowest BCUT2D eigenvalue weighted by molar-refractivity contribution is -0.130. The van der Waals surface area contributed by atoms with Gasteiger partial charge in [-0.25, -0.2) is 0 Å². The standard InChI is InChI=1S/C15H21N3O4/c1-18(2)14(19)10-22-12-5-3-11(4-6-12)17-15(20)13-9-16-7-8-21-13/h3-6,13,16H,7-10H2,1-2H3,(H,17,20). The van der Waals surface area contributed by atoms with Crippen LogP contribution in [0, 0.1) is 0 Å². The van der Waals surface area contributed by atoms with Gasteiger partial charge < -0.3 is 25.0 Å². The molecule has 7 nitrogen and oxygen atoms in total. The van der Waals surface area contributed by atoms with Crippen LogP contribution in [0.25, 0.3) is 0 Å². The first-order valence-electron chi connectivity index (χ1n) is 7.12. The van der Waals surface area contributed by atoms with E-state index in [9.17, 15) is 9.59 Å². The summed E-state index contributed by atoms with van der Waals surface area (Å²) >= 11 is 0. The van der Waals surface area contributed by atoms with Crippen molar-refractivity contribution in [3.05, 3.63) is 24.3 Å². The molecule has 1 aromatic carbocycles. The third kappa shape index (κ3) is 4.71. The minimum atomic E-state index is -0.470. The van der Waals surface area contributed by atoms with Crippen molar-refractivity contribution in [3.8, 4) is 5.75 Å². The molecule has 2 rings (SSSR count). The number of ether oxygens (including phenoxy) is 2. The predicted molar refractivity (Wildman–Crippen MR) is 81.9 cm³/mol. The number of benzene rings is 1. The molecule has 2 amide bonds. The number of rotatable bonds is 5. The zero-order valence-corrected chi connectivity index (χ0v) is 12.8. The Balaban J connectivity index is 1.83. The average Bonchev–Trinajstić information content (AvgIpc) is 2.54. The fourth-order valence-corrected chi connectivity index (χ4v) is 1.87. The van der Waals surface area contributed by atoms with Crippen LogP contribution in [-0.2, 0) is 14.3 Å². The first kappa shape index (κ1) is 16.3. The van der Waals surface area contributed by atoms with Gasteiger partial charge in [-0.1, -0.05) is 0 Å². The quantitative estimate of drug-likeness (QED) is 0.805. The van der Waals surface area contributed by atoms with Crippen molar-refractivity contribution >= 4 is 17.5 Å². The molecule has 0 spiro atoms. The van der Waals surface area contributed by atoms with Crippen molar-refractivity contribution in [1.29, 1.82) is 0 Å². The largest absolute Gasteiger partial charge is 0.484 e. The Morgan fingerprint density at radius 3 is 2.68 bits per heavy atom. The molecule has 120 valence electrons. The summed E-state index contributed by atoms with van der Waals surface area (Å²) in [5, 5.41) is 5.89. The van der Waals surface area contributed by atoms with Crippen LogP contribution in [0.1, 0.15) is 0 Å². The number of nitrogens with one attached hydrogen (secondary N) is 2. The second-order valence-corrected chi connectivity index (χ2v) is 5.15. The van der Waals surface area contributed by atoms with E-state index in [0.717, 1.165) is 6.54 Å². The molecule has 1 aliphatic rings. The molecule has 7 heteroatoms. The summed E-state index contributed by atoms with van der Waals surface area (Å²) in [5.41, 5.74) is 0.658. The molecule has 1 atom stereocenters. The second-order valence-electron chi connectivity index (χ2n) is 5.15. The number of likely N-dealkylation sites (N-methyl/N-ethyl adjacent to an activating group) is 1. The summed E-state index contributed by atoms with van der Waals surface area (Å²) < 4.78 is 10.7. The molecule has 0 bridgehead atoms. The van der Waals surface area contributed by atoms with E-state index in [2.05, 4.69) is 10.6 Å². The lowest BCUT2D eigenvalue weighted by atomic mass is 10.2. The van der Waals surface area contributed by atoms with Gasteiger partial charge in [0.2, 0.25) is 0 Å². The molecular formula is C15H21N3O4. The summed E-state index contributed by atoms with van der Waals surface area (Å²) in [6, 6.07) is 6.87. The molecule has 2 N–H and O–H groups in total. The maximum absolute atomic E-state index is 12.0. The fourth-order valence-electron chi connectivity index (χ4n) is 1.87. The zero-order chi connectivity index (χ0) is 15.9. The van der Waals surface area contributed by atoms with Gasteiger partial charge in [-0.05, 0) is 24.3 Å². The number of anilines is 1. The number of hydrogen-bond acceptors (Lipinski definition) is 5. The molecule has 0 aliphatic carbocycles. The van der Waals surface area contributed by atoms with Gasteiger partial charge in [0.1, 0.15) is 11.9 Å². The molecule has 1 aliphatic heterocycles. The number of morpholine rings is 1. The zero-order valence-electron chi connectivity index (χ0n) is 12.8. The Morgan fingerprint density at radius 2 is 2.09 bits per heavy atom. The van der Waals surface area contributed by atoms with Gasteiger partial charge in [0.25, 0.3) is 11.8 Å². The van der Waals surface area contributed by atoms with E-state index in [4.69, 9.17) is 9.47 Å². The summed E-state index contributed by atoms with van der Waals surface area (Å²) in [6.07, 6.45) is -0.470. The predicted octanol–water partition coefficient (Wildman–Crippen LogP) is 0.0805. The van der Waals surface area contributed by atoms with Crippen LogP contribution < -0.4 is 15.4 Å². The van der Waals surface area contributed by atoms with E-state index in [-0.39, 0.29) is 18.4 Å². The average molecular weight is 307 g/mol. The van der Waals surface area contributed by atoms with E-state index >= 15 is 0 Å². The third-order valence-electron chi connectivity index (χ3n) is 3.20. The Morgan fingerprint density at radius 1 is 1.36 bits per heavy atom. The highest BCUT2D eigenvalue weighted by Crippen LogP contribution is 2.16. The fraction of sp³-hybridized carbons (Fsp3) is 0.467. The molecule has 0 radical (unpaired) electrons. The first-order chi connectivity index (χ1) is 10.6. The number of hydrogen-bond donors (Lipinski definition) is 2. The van der Waals surface area contributed by atoms with Crippen LogP contribution in [0.3, 0.4) is 0 Å². The van der Waals surface area contributed by atoms with Gasteiger partial charge in [-0.2, -0.15) is 0 Å². The normalized spacial score (nSPS) is 17.6. The van der Waals surface area contributed by atoms with Gasteiger partial charge >= 0.3 is 0 Å². The van der Waals surface area contributed by atoms with Gasteiger partial charge in [0.15, 0.2) is 6.61 Å². The van der Waals surface area contributed by atoms with Crippen LogP contribution >= 0.6 is 0 Å². The van der Waals surface area contributed by atoms with Crippen molar-refractivity contribution in [3.63, 3.8) is 0 Å². The summed E-state index contributed by atoms with van der Waals surface area (Å²) in [4.78, 5) is 24.9. The van der Waals surface area contributed by atoms with Crippen LogP contribution in [0.2, 0.25) is 0 Å². The van der Waals surface area contributed by atoms with Gasteiger partial charge in [0.05, 0.1) is 6.61 Å². The van der Waals surface area contributed by atoms with Crippen LogP contribution in [0.4, 0.5) is 5.69 Å². The lowest BCUT2D eigenvalue weighted by Crippen LogP contribution is -2.45. The molecule has 1 aromatic rings. The van der Waals surface area contributed by atoms with Crippen molar-refractivity contribution in [1.82, 2.24) is 10.2 Å². The van der Waals surface area contributed by atoms with E-state index in [1.807, 2.05) is 0 Å². The van der Waals surface area contributed by atoms with Crippen molar-refractivity contribution in [2.75, 3.05) is 45.7 Å². The molecule has 1 unspecified atom stereocenters. The number of carbonyl (C=O) groups is 2. The summed E-state index contributed by atoms with van der Waals surface area (Å²) in [7, 11) is 3.35. The second kappa shape index (κ2) is 7.77.